The summed E-state index contributed by atoms with van der Waals surface area (Å²) < 4.78 is 0. The molecule has 1 fully saturated rings. The van der Waals surface area contributed by atoms with Crippen LogP contribution in [-0.4, -0.2) is 11.6 Å². The van der Waals surface area contributed by atoms with Crippen molar-refractivity contribution < 1.29 is 9.59 Å². The molecule has 2 heteroatoms. The van der Waals surface area contributed by atoms with Gasteiger partial charge in [0.05, 0.1) is 0 Å². The quantitative estimate of drug-likeness (QED) is 0.333. The van der Waals surface area contributed by atoms with Gasteiger partial charge in [0.15, 0.2) is 11.6 Å². The molecule has 0 heterocycles. The van der Waals surface area contributed by atoms with Crippen LogP contribution in [0.5, 0.6) is 0 Å². The molecule has 0 amide bonds. The van der Waals surface area contributed by atoms with E-state index in [1.165, 1.54) is 0 Å². The van der Waals surface area contributed by atoms with Crippen molar-refractivity contribution in [1.82, 2.24) is 0 Å². The third-order valence-electron chi connectivity index (χ3n) is 6.64. The van der Waals surface area contributed by atoms with E-state index in [2.05, 4.69) is 24.3 Å². The van der Waals surface area contributed by atoms with Gasteiger partial charge in [-0.15, -0.1) is 0 Å². The van der Waals surface area contributed by atoms with E-state index < -0.39 is 11.8 Å². The SMILES string of the molecule is O=C(c1ccccc1)[C@@H]1[C@H](C(=O)c2ccccc2)[C@@H](c2ccccc2)[C@@H]1c1ccccc1. The molecule has 0 aliphatic heterocycles. The number of ketones is 2. The summed E-state index contributed by atoms with van der Waals surface area (Å²) in [7, 11) is 0. The minimum atomic E-state index is -0.405. The van der Waals surface area contributed by atoms with E-state index in [4.69, 9.17) is 0 Å². The third-order valence-corrected chi connectivity index (χ3v) is 6.64. The molecule has 4 atom stereocenters. The molecule has 0 N–H and O–H groups in total. The molecule has 0 aromatic heterocycles. The predicted molar refractivity (Wildman–Crippen MR) is 127 cm³/mol. The standard InChI is InChI=1S/C30H24O2/c31-29(23-17-9-3-10-18-23)27-25(21-13-5-1-6-14-21)26(22-15-7-2-8-16-22)28(27)30(32)24-19-11-4-12-20-24/h1-20,25-28H/t25-,26-,27-,28+/m0/s1. The van der Waals surface area contributed by atoms with E-state index in [0.29, 0.717) is 11.1 Å². The first kappa shape index (κ1) is 20.1. The van der Waals surface area contributed by atoms with Gasteiger partial charge < -0.3 is 0 Å². The molecule has 156 valence electrons. The second-order valence-corrected chi connectivity index (χ2v) is 8.39. The van der Waals surface area contributed by atoms with Crippen molar-refractivity contribution in [1.29, 1.82) is 0 Å². The van der Waals surface area contributed by atoms with E-state index in [-0.39, 0.29) is 23.4 Å². The molecule has 4 aromatic carbocycles. The first-order valence-electron chi connectivity index (χ1n) is 11.0. The van der Waals surface area contributed by atoms with Crippen molar-refractivity contribution in [2.24, 2.45) is 11.8 Å². The maximum absolute atomic E-state index is 13.8. The highest BCUT2D eigenvalue weighted by Crippen LogP contribution is 2.59. The van der Waals surface area contributed by atoms with Gasteiger partial charge in [-0.05, 0) is 11.1 Å². The van der Waals surface area contributed by atoms with Crippen LogP contribution in [0.1, 0.15) is 43.7 Å². The minimum absolute atomic E-state index is 0.0425. The number of rotatable bonds is 6. The Hall–Kier alpha value is -3.78. The summed E-state index contributed by atoms with van der Waals surface area (Å²) in [4.78, 5) is 27.6. The topological polar surface area (TPSA) is 34.1 Å². The van der Waals surface area contributed by atoms with Gasteiger partial charge >= 0.3 is 0 Å². The predicted octanol–water partition coefficient (Wildman–Crippen LogP) is 6.57. The summed E-state index contributed by atoms with van der Waals surface area (Å²) in [6.45, 7) is 0. The van der Waals surface area contributed by atoms with Crippen molar-refractivity contribution in [3.8, 4) is 0 Å². The zero-order chi connectivity index (χ0) is 21.9. The van der Waals surface area contributed by atoms with Gasteiger partial charge in [-0.25, -0.2) is 0 Å². The Labute approximate surface area is 188 Å². The average molecular weight is 417 g/mol. The fourth-order valence-electron chi connectivity index (χ4n) is 5.17. The highest BCUT2D eigenvalue weighted by atomic mass is 16.1. The summed E-state index contributed by atoms with van der Waals surface area (Å²) in [5.74, 6) is -0.829. The number of Topliss-reactive ketones (excluding diaryl/α,β-unsaturated/α-hetero) is 2. The number of benzene rings is 4. The van der Waals surface area contributed by atoms with Gasteiger partial charge in [0.2, 0.25) is 0 Å². The zero-order valence-corrected chi connectivity index (χ0v) is 17.7. The third kappa shape index (κ3) is 3.58. The van der Waals surface area contributed by atoms with E-state index >= 15 is 0 Å². The van der Waals surface area contributed by atoms with Crippen LogP contribution in [0.2, 0.25) is 0 Å². The Morgan fingerprint density at radius 1 is 0.406 bits per heavy atom. The van der Waals surface area contributed by atoms with Crippen LogP contribution in [0.15, 0.2) is 121 Å². The molecule has 0 saturated heterocycles. The van der Waals surface area contributed by atoms with Crippen LogP contribution in [0, 0.1) is 11.8 Å². The smallest absolute Gasteiger partial charge is 0.167 e. The average Bonchev–Trinajstić information content (AvgIpc) is 2.86. The van der Waals surface area contributed by atoms with Crippen molar-refractivity contribution in [3.05, 3.63) is 144 Å². The Bertz CT molecular complexity index is 1100. The van der Waals surface area contributed by atoms with Crippen LogP contribution in [0.3, 0.4) is 0 Å². The molecule has 0 radical (unpaired) electrons. The summed E-state index contributed by atoms with van der Waals surface area (Å²) in [6, 6.07) is 39.1. The fraction of sp³-hybridized carbons (Fsp3) is 0.133. The van der Waals surface area contributed by atoms with Crippen LogP contribution < -0.4 is 0 Å². The largest absolute Gasteiger partial charge is 0.294 e. The second kappa shape index (κ2) is 8.76. The molecule has 1 aliphatic rings. The molecular weight excluding hydrogens is 392 g/mol. The van der Waals surface area contributed by atoms with Crippen molar-refractivity contribution in [2.45, 2.75) is 11.8 Å². The summed E-state index contributed by atoms with van der Waals surface area (Å²) in [5.41, 5.74) is 3.53. The van der Waals surface area contributed by atoms with Crippen molar-refractivity contribution in [2.75, 3.05) is 0 Å². The van der Waals surface area contributed by atoms with Crippen LogP contribution >= 0.6 is 0 Å². The minimum Gasteiger partial charge on any atom is -0.294 e. The molecule has 0 unspecified atom stereocenters. The lowest BCUT2D eigenvalue weighted by Gasteiger charge is -2.51. The number of hydrogen-bond donors (Lipinski definition) is 0. The first-order chi connectivity index (χ1) is 15.8. The Morgan fingerprint density at radius 2 is 0.688 bits per heavy atom. The number of carbonyl (C=O) groups is 2. The lowest BCUT2D eigenvalue weighted by Crippen LogP contribution is -2.51. The van der Waals surface area contributed by atoms with Gasteiger partial charge in [-0.2, -0.15) is 0 Å². The van der Waals surface area contributed by atoms with Crippen molar-refractivity contribution in [3.63, 3.8) is 0 Å². The first-order valence-corrected chi connectivity index (χ1v) is 11.0. The molecule has 1 saturated carbocycles. The summed E-state index contributed by atoms with van der Waals surface area (Å²) in [5, 5.41) is 0. The molecule has 5 rings (SSSR count). The van der Waals surface area contributed by atoms with Crippen molar-refractivity contribution >= 4 is 11.6 Å². The van der Waals surface area contributed by atoms with Gasteiger partial charge in [-0.1, -0.05) is 121 Å². The highest BCUT2D eigenvalue weighted by Gasteiger charge is 2.57. The molecule has 32 heavy (non-hydrogen) atoms. The number of carbonyl (C=O) groups excluding carboxylic acids is 2. The van der Waals surface area contributed by atoms with E-state index in [1.54, 1.807) is 0 Å². The Kier molecular flexibility index (Phi) is 5.51. The Balaban J connectivity index is 1.64. The van der Waals surface area contributed by atoms with E-state index in [1.807, 2.05) is 97.1 Å². The summed E-state index contributed by atoms with van der Waals surface area (Å²) in [6.07, 6.45) is 0. The number of hydrogen-bond acceptors (Lipinski definition) is 2. The molecule has 0 bridgehead atoms. The molecule has 4 aromatic rings. The lowest BCUT2D eigenvalue weighted by atomic mass is 9.49. The second-order valence-electron chi connectivity index (χ2n) is 8.39. The van der Waals surface area contributed by atoms with Gasteiger partial charge in [-0.3, -0.25) is 9.59 Å². The Morgan fingerprint density at radius 3 is 1.00 bits per heavy atom. The fourth-order valence-corrected chi connectivity index (χ4v) is 5.17. The van der Waals surface area contributed by atoms with Gasteiger partial charge in [0.25, 0.3) is 0 Å². The van der Waals surface area contributed by atoms with Crippen LogP contribution in [0.25, 0.3) is 0 Å². The molecule has 2 nitrogen and oxygen atoms in total. The normalized spacial score (nSPS) is 22.0. The lowest BCUT2D eigenvalue weighted by molar-refractivity contribution is 0.0456. The highest BCUT2D eigenvalue weighted by molar-refractivity contribution is 6.07. The van der Waals surface area contributed by atoms with Gasteiger partial charge in [0, 0.05) is 34.8 Å². The molecular formula is C30H24O2. The van der Waals surface area contributed by atoms with E-state index in [9.17, 15) is 9.59 Å². The summed E-state index contributed by atoms with van der Waals surface area (Å²) >= 11 is 0. The molecule has 0 spiro atoms. The monoisotopic (exact) mass is 416 g/mol. The molecule has 1 aliphatic carbocycles. The maximum Gasteiger partial charge on any atom is 0.167 e. The van der Waals surface area contributed by atoms with E-state index in [0.717, 1.165) is 11.1 Å². The van der Waals surface area contributed by atoms with Gasteiger partial charge in [0.1, 0.15) is 0 Å². The zero-order valence-electron chi connectivity index (χ0n) is 17.7. The van der Waals surface area contributed by atoms with Crippen LogP contribution in [0.4, 0.5) is 0 Å². The van der Waals surface area contributed by atoms with Crippen LogP contribution in [-0.2, 0) is 0 Å². The maximum atomic E-state index is 13.8.